The summed E-state index contributed by atoms with van der Waals surface area (Å²) in [5.74, 6) is 0. The van der Waals surface area contributed by atoms with Crippen LogP contribution in [0.4, 0.5) is 0 Å². The summed E-state index contributed by atoms with van der Waals surface area (Å²) in [6.07, 6.45) is 3.32. The Morgan fingerprint density at radius 1 is 0.833 bits per heavy atom. The van der Waals surface area contributed by atoms with Crippen LogP contribution in [0, 0.1) is 0 Å². The molecule has 0 unspecified atom stereocenters. The SMILES string of the molecule is c1ccc(-c2ccc(Cn3cnnc3)nn2)cc1. The topological polar surface area (TPSA) is 56.5 Å². The first kappa shape index (κ1) is 10.6. The zero-order valence-corrected chi connectivity index (χ0v) is 9.64. The van der Waals surface area contributed by atoms with Crippen LogP contribution < -0.4 is 0 Å². The molecule has 3 rings (SSSR count). The van der Waals surface area contributed by atoms with E-state index in [1.165, 1.54) is 0 Å². The van der Waals surface area contributed by atoms with Crippen LogP contribution in [0.1, 0.15) is 5.69 Å². The molecule has 0 radical (unpaired) electrons. The third-order valence-corrected chi connectivity index (χ3v) is 2.60. The molecule has 88 valence electrons. The van der Waals surface area contributed by atoms with E-state index in [1.54, 1.807) is 12.7 Å². The summed E-state index contributed by atoms with van der Waals surface area (Å²) in [7, 11) is 0. The van der Waals surface area contributed by atoms with E-state index < -0.39 is 0 Å². The second kappa shape index (κ2) is 4.75. The molecule has 0 aliphatic carbocycles. The maximum atomic E-state index is 4.23. The number of rotatable bonds is 3. The summed E-state index contributed by atoms with van der Waals surface area (Å²) < 4.78 is 1.85. The number of aromatic nitrogens is 5. The molecule has 0 fully saturated rings. The van der Waals surface area contributed by atoms with Gasteiger partial charge in [0, 0.05) is 5.56 Å². The normalized spacial score (nSPS) is 10.4. The molecule has 0 spiro atoms. The second-order valence-electron chi connectivity index (χ2n) is 3.91. The van der Waals surface area contributed by atoms with E-state index in [-0.39, 0.29) is 0 Å². The van der Waals surface area contributed by atoms with Crippen molar-refractivity contribution in [3.8, 4) is 11.3 Å². The highest BCUT2D eigenvalue weighted by atomic mass is 15.2. The number of hydrogen-bond acceptors (Lipinski definition) is 4. The predicted octanol–water partition coefficient (Wildman–Crippen LogP) is 1.78. The molecule has 0 saturated carbocycles. The van der Waals surface area contributed by atoms with Crippen LogP contribution in [0.2, 0.25) is 0 Å². The third kappa shape index (κ3) is 2.24. The first-order chi connectivity index (χ1) is 8.92. The molecule has 0 saturated heterocycles. The van der Waals surface area contributed by atoms with Gasteiger partial charge in [0.25, 0.3) is 0 Å². The van der Waals surface area contributed by atoms with E-state index in [9.17, 15) is 0 Å². The van der Waals surface area contributed by atoms with Gasteiger partial charge in [0.1, 0.15) is 12.7 Å². The Morgan fingerprint density at radius 2 is 1.61 bits per heavy atom. The van der Waals surface area contributed by atoms with Crippen molar-refractivity contribution in [1.82, 2.24) is 25.0 Å². The highest BCUT2D eigenvalue weighted by molar-refractivity contribution is 5.57. The molecule has 1 aromatic carbocycles. The molecule has 0 bridgehead atoms. The molecule has 2 aromatic heterocycles. The number of nitrogens with zero attached hydrogens (tertiary/aromatic N) is 5. The predicted molar refractivity (Wildman–Crippen MR) is 66.6 cm³/mol. The fraction of sp³-hybridized carbons (Fsp3) is 0.0769. The Kier molecular flexibility index (Phi) is 2.79. The lowest BCUT2D eigenvalue weighted by Crippen LogP contribution is -2.01. The van der Waals surface area contributed by atoms with Crippen molar-refractivity contribution in [1.29, 1.82) is 0 Å². The molecule has 5 nitrogen and oxygen atoms in total. The zero-order chi connectivity index (χ0) is 12.2. The van der Waals surface area contributed by atoms with Gasteiger partial charge in [-0.1, -0.05) is 30.3 Å². The minimum Gasteiger partial charge on any atom is -0.314 e. The van der Waals surface area contributed by atoms with Crippen LogP contribution in [0.3, 0.4) is 0 Å². The molecule has 0 amide bonds. The molecule has 2 heterocycles. The fourth-order valence-corrected chi connectivity index (χ4v) is 1.70. The Balaban J connectivity index is 1.81. The van der Waals surface area contributed by atoms with Crippen molar-refractivity contribution in [2.45, 2.75) is 6.54 Å². The van der Waals surface area contributed by atoms with Gasteiger partial charge in [-0.25, -0.2) is 0 Å². The monoisotopic (exact) mass is 237 g/mol. The van der Waals surface area contributed by atoms with Crippen molar-refractivity contribution in [2.75, 3.05) is 0 Å². The second-order valence-corrected chi connectivity index (χ2v) is 3.91. The van der Waals surface area contributed by atoms with E-state index in [1.807, 2.05) is 47.0 Å². The smallest absolute Gasteiger partial charge is 0.119 e. The van der Waals surface area contributed by atoms with E-state index in [2.05, 4.69) is 20.4 Å². The van der Waals surface area contributed by atoms with E-state index in [4.69, 9.17) is 0 Å². The highest BCUT2D eigenvalue weighted by Crippen LogP contribution is 2.15. The van der Waals surface area contributed by atoms with Crippen LogP contribution in [-0.2, 0) is 6.54 Å². The van der Waals surface area contributed by atoms with Crippen molar-refractivity contribution >= 4 is 0 Å². The van der Waals surface area contributed by atoms with Gasteiger partial charge < -0.3 is 4.57 Å². The van der Waals surface area contributed by atoms with Gasteiger partial charge in [-0.05, 0) is 12.1 Å². The first-order valence-electron chi connectivity index (χ1n) is 5.62. The summed E-state index contributed by atoms with van der Waals surface area (Å²) >= 11 is 0. The fourth-order valence-electron chi connectivity index (χ4n) is 1.70. The van der Waals surface area contributed by atoms with Gasteiger partial charge in [0.2, 0.25) is 0 Å². The summed E-state index contributed by atoms with van der Waals surface area (Å²) in [6.45, 7) is 0.634. The van der Waals surface area contributed by atoms with Gasteiger partial charge in [0.15, 0.2) is 0 Å². The zero-order valence-electron chi connectivity index (χ0n) is 9.64. The third-order valence-electron chi connectivity index (χ3n) is 2.60. The standard InChI is InChI=1S/C13H11N5/c1-2-4-11(5-3-1)13-7-6-12(16-17-13)8-18-9-14-15-10-18/h1-7,9-10H,8H2. The number of benzene rings is 1. The summed E-state index contributed by atoms with van der Waals surface area (Å²) in [4.78, 5) is 0. The van der Waals surface area contributed by atoms with Crippen LogP contribution in [0.25, 0.3) is 11.3 Å². The van der Waals surface area contributed by atoms with Gasteiger partial charge in [0.05, 0.1) is 17.9 Å². The highest BCUT2D eigenvalue weighted by Gasteiger charge is 2.01. The average Bonchev–Trinajstić information content (AvgIpc) is 2.94. The quantitative estimate of drug-likeness (QED) is 0.696. The molecule has 3 aromatic rings. The summed E-state index contributed by atoms with van der Waals surface area (Å²) in [5.41, 5.74) is 2.83. The molecule has 5 heteroatoms. The Bertz CT molecular complexity index is 602. The first-order valence-corrected chi connectivity index (χ1v) is 5.62. The Labute approximate surface area is 104 Å². The summed E-state index contributed by atoms with van der Waals surface area (Å²) in [5, 5.41) is 15.9. The van der Waals surface area contributed by atoms with Crippen molar-refractivity contribution in [2.24, 2.45) is 0 Å². The molecular formula is C13H11N5. The number of hydrogen-bond donors (Lipinski definition) is 0. The molecule has 0 atom stereocenters. The minimum atomic E-state index is 0.634. The molecule has 0 aliphatic heterocycles. The van der Waals surface area contributed by atoms with Crippen LogP contribution >= 0.6 is 0 Å². The van der Waals surface area contributed by atoms with Crippen molar-refractivity contribution in [3.05, 3.63) is 60.8 Å². The summed E-state index contributed by atoms with van der Waals surface area (Å²) in [6, 6.07) is 13.9. The van der Waals surface area contributed by atoms with Crippen LogP contribution in [-0.4, -0.2) is 25.0 Å². The lowest BCUT2D eigenvalue weighted by Gasteiger charge is -2.02. The lowest BCUT2D eigenvalue weighted by molar-refractivity contribution is 0.751. The van der Waals surface area contributed by atoms with Gasteiger partial charge in [-0.15, -0.1) is 10.2 Å². The Morgan fingerprint density at radius 3 is 2.28 bits per heavy atom. The van der Waals surface area contributed by atoms with Crippen LogP contribution in [0.5, 0.6) is 0 Å². The van der Waals surface area contributed by atoms with E-state index >= 15 is 0 Å². The van der Waals surface area contributed by atoms with E-state index in [0.717, 1.165) is 17.0 Å². The van der Waals surface area contributed by atoms with Crippen molar-refractivity contribution < 1.29 is 0 Å². The maximum Gasteiger partial charge on any atom is 0.119 e. The molecule has 0 aliphatic rings. The van der Waals surface area contributed by atoms with Crippen LogP contribution in [0.15, 0.2) is 55.1 Å². The van der Waals surface area contributed by atoms with E-state index in [0.29, 0.717) is 6.54 Å². The van der Waals surface area contributed by atoms with Gasteiger partial charge >= 0.3 is 0 Å². The van der Waals surface area contributed by atoms with Gasteiger partial charge in [-0.2, -0.15) is 10.2 Å². The largest absolute Gasteiger partial charge is 0.314 e. The van der Waals surface area contributed by atoms with Crippen molar-refractivity contribution in [3.63, 3.8) is 0 Å². The molecular weight excluding hydrogens is 226 g/mol. The minimum absolute atomic E-state index is 0.634. The average molecular weight is 237 g/mol. The maximum absolute atomic E-state index is 4.23. The lowest BCUT2D eigenvalue weighted by atomic mass is 10.1. The molecule has 0 N–H and O–H groups in total. The Hall–Kier alpha value is -2.56. The van der Waals surface area contributed by atoms with Gasteiger partial charge in [-0.3, -0.25) is 0 Å². The molecule has 18 heavy (non-hydrogen) atoms.